The molecule has 0 saturated carbocycles. The molecular weight excluding hydrogens is 394 g/mol. The summed E-state index contributed by atoms with van der Waals surface area (Å²) in [6.45, 7) is -0.508. The molecule has 0 aliphatic rings. The smallest absolute Gasteiger partial charge is 0.203 e. The van der Waals surface area contributed by atoms with Gasteiger partial charge in [0, 0.05) is 28.3 Å². The molecule has 8 heteroatoms. The molecule has 1 unspecified atom stereocenters. The molecule has 2 aromatic carbocycles. The third kappa shape index (κ3) is 4.09. The molecule has 0 aliphatic heterocycles. The highest BCUT2D eigenvalue weighted by Gasteiger charge is 2.23. The van der Waals surface area contributed by atoms with Gasteiger partial charge < -0.3 is 24.4 Å². The Kier molecular flexibility index (Phi) is 6.48. The van der Waals surface area contributed by atoms with Crippen LogP contribution in [-0.4, -0.2) is 48.9 Å². The predicted molar refractivity (Wildman–Crippen MR) is 109 cm³/mol. The van der Waals surface area contributed by atoms with Crippen molar-refractivity contribution < 1.29 is 29.2 Å². The van der Waals surface area contributed by atoms with Gasteiger partial charge in [-0.05, 0) is 23.8 Å². The molecule has 1 heterocycles. The number of ketones is 1. The van der Waals surface area contributed by atoms with E-state index in [-0.39, 0.29) is 11.3 Å². The molecule has 0 radical (unpaired) electrons. The number of carbonyl (C=O) groups is 1. The lowest BCUT2D eigenvalue weighted by atomic mass is 9.93. The minimum Gasteiger partial charge on any atom is -0.493 e. The largest absolute Gasteiger partial charge is 0.493 e. The number of hydrogen-bond acceptors (Lipinski definition) is 8. The number of rotatable bonds is 8. The van der Waals surface area contributed by atoms with Crippen LogP contribution < -0.4 is 14.2 Å². The van der Waals surface area contributed by atoms with Crippen molar-refractivity contribution >= 4 is 17.1 Å². The van der Waals surface area contributed by atoms with Crippen molar-refractivity contribution in [3.8, 4) is 27.8 Å². The third-order valence-electron chi connectivity index (χ3n) is 4.44. The molecule has 0 saturated heterocycles. The first-order valence-electron chi connectivity index (χ1n) is 8.71. The molecule has 3 aromatic rings. The number of thiazole rings is 1. The minimum absolute atomic E-state index is 0.258. The van der Waals surface area contributed by atoms with E-state index >= 15 is 0 Å². The van der Waals surface area contributed by atoms with Gasteiger partial charge in [-0.25, -0.2) is 4.98 Å². The van der Waals surface area contributed by atoms with Gasteiger partial charge in [0.05, 0.1) is 27.9 Å². The van der Waals surface area contributed by atoms with Gasteiger partial charge in [-0.3, -0.25) is 4.79 Å². The second-order valence-electron chi connectivity index (χ2n) is 6.08. The molecule has 2 N–H and O–H groups in total. The summed E-state index contributed by atoms with van der Waals surface area (Å²) in [5.74, 6) is 0.704. The maximum Gasteiger partial charge on any atom is 0.203 e. The number of methoxy groups -OCH3 is 3. The predicted octanol–water partition coefficient (Wildman–Crippen LogP) is 3.09. The summed E-state index contributed by atoms with van der Waals surface area (Å²) in [6, 6.07) is 8.16. The van der Waals surface area contributed by atoms with E-state index in [1.807, 2.05) is 5.38 Å². The Morgan fingerprint density at radius 2 is 1.79 bits per heavy atom. The van der Waals surface area contributed by atoms with Crippen molar-refractivity contribution in [3.05, 3.63) is 58.6 Å². The summed E-state index contributed by atoms with van der Waals surface area (Å²) in [7, 11) is 4.42. The first-order valence-corrected chi connectivity index (χ1v) is 9.59. The molecule has 1 aromatic heterocycles. The maximum absolute atomic E-state index is 13.4. The van der Waals surface area contributed by atoms with Gasteiger partial charge in [-0.2, -0.15) is 0 Å². The van der Waals surface area contributed by atoms with Crippen molar-refractivity contribution in [1.29, 1.82) is 0 Å². The van der Waals surface area contributed by atoms with Crippen LogP contribution in [0.15, 0.2) is 41.9 Å². The summed E-state index contributed by atoms with van der Waals surface area (Å²) in [6.07, 6.45) is 0.485. The van der Waals surface area contributed by atoms with E-state index in [1.165, 1.54) is 32.7 Å². The number of benzene rings is 2. The minimum atomic E-state index is -1.19. The van der Waals surface area contributed by atoms with Crippen LogP contribution in [0.5, 0.6) is 17.2 Å². The molecule has 1 atom stereocenters. The van der Waals surface area contributed by atoms with Crippen LogP contribution in [-0.2, 0) is 0 Å². The van der Waals surface area contributed by atoms with Gasteiger partial charge in [0.25, 0.3) is 0 Å². The van der Waals surface area contributed by atoms with E-state index in [1.54, 1.807) is 36.5 Å². The summed E-state index contributed by atoms with van der Waals surface area (Å²) < 4.78 is 16.0. The molecule has 0 amide bonds. The number of nitrogens with zero attached hydrogens (tertiary/aromatic N) is 1. The Morgan fingerprint density at radius 1 is 1.10 bits per heavy atom. The van der Waals surface area contributed by atoms with Gasteiger partial charge in [-0.15, -0.1) is 11.3 Å². The van der Waals surface area contributed by atoms with Crippen LogP contribution >= 0.6 is 11.3 Å². The standard InChI is InChI=1S/C21H21NO6S/c1-26-17-9-13(10-18(27-2)20(17)28-3)19(25)15-8-12(21-22-6-7-29-21)4-5-14(15)16(24)11-23/h4-10,16,23-24H,11H2,1-3H3. The van der Waals surface area contributed by atoms with Crippen LogP contribution in [0.1, 0.15) is 27.6 Å². The first kappa shape index (κ1) is 20.8. The fourth-order valence-electron chi connectivity index (χ4n) is 3.01. The number of aromatic nitrogens is 1. The normalized spacial score (nSPS) is 11.8. The van der Waals surface area contributed by atoms with Crippen molar-refractivity contribution in [1.82, 2.24) is 4.98 Å². The lowest BCUT2D eigenvalue weighted by Gasteiger charge is -2.16. The summed E-state index contributed by atoms with van der Waals surface area (Å²) in [5, 5.41) is 22.2. The Labute approximate surface area is 172 Å². The highest BCUT2D eigenvalue weighted by molar-refractivity contribution is 7.13. The average Bonchev–Trinajstić information content (AvgIpc) is 3.31. The fraction of sp³-hybridized carbons (Fsp3) is 0.238. The summed E-state index contributed by atoms with van der Waals surface area (Å²) in [4.78, 5) is 17.7. The van der Waals surface area contributed by atoms with Crippen molar-refractivity contribution in [2.75, 3.05) is 27.9 Å². The lowest BCUT2D eigenvalue weighted by molar-refractivity contribution is 0.0918. The van der Waals surface area contributed by atoms with E-state index < -0.39 is 12.7 Å². The molecule has 29 heavy (non-hydrogen) atoms. The van der Waals surface area contributed by atoms with Crippen LogP contribution in [0.2, 0.25) is 0 Å². The highest BCUT2D eigenvalue weighted by atomic mass is 32.1. The zero-order valence-electron chi connectivity index (χ0n) is 16.2. The molecule has 0 aliphatic carbocycles. The van der Waals surface area contributed by atoms with Gasteiger partial charge in [0.2, 0.25) is 5.75 Å². The Morgan fingerprint density at radius 3 is 2.31 bits per heavy atom. The molecule has 3 rings (SSSR count). The van der Waals surface area contributed by atoms with Crippen LogP contribution in [0.25, 0.3) is 10.6 Å². The Balaban J connectivity index is 2.16. The van der Waals surface area contributed by atoms with Gasteiger partial charge in [-0.1, -0.05) is 12.1 Å². The topological polar surface area (TPSA) is 98.1 Å². The van der Waals surface area contributed by atoms with Crippen molar-refractivity contribution in [2.45, 2.75) is 6.10 Å². The van der Waals surface area contributed by atoms with Crippen LogP contribution in [0.3, 0.4) is 0 Å². The average molecular weight is 415 g/mol. The van der Waals surface area contributed by atoms with E-state index in [0.717, 1.165) is 10.6 Å². The lowest BCUT2D eigenvalue weighted by Crippen LogP contribution is -2.12. The SMILES string of the molecule is COc1cc(C(=O)c2cc(-c3nccs3)ccc2C(O)CO)cc(OC)c1OC. The monoisotopic (exact) mass is 415 g/mol. The molecule has 0 fully saturated rings. The number of aliphatic hydroxyl groups is 2. The number of carbonyl (C=O) groups excluding carboxylic acids is 1. The quantitative estimate of drug-likeness (QED) is 0.546. The Bertz CT molecular complexity index is 977. The molecular formula is C21H21NO6S. The van der Waals surface area contributed by atoms with Crippen LogP contribution in [0.4, 0.5) is 0 Å². The fourth-order valence-corrected chi connectivity index (χ4v) is 3.64. The zero-order valence-corrected chi connectivity index (χ0v) is 17.0. The third-order valence-corrected chi connectivity index (χ3v) is 5.26. The Hall–Kier alpha value is -2.94. The van der Waals surface area contributed by atoms with Crippen LogP contribution in [0, 0.1) is 0 Å². The molecule has 152 valence electrons. The second-order valence-corrected chi connectivity index (χ2v) is 6.98. The van der Waals surface area contributed by atoms with E-state index in [0.29, 0.717) is 28.4 Å². The summed E-state index contributed by atoms with van der Waals surface area (Å²) >= 11 is 1.44. The molecule has 7 nitrogen and oxygen atoms in total. The first-order chi connectivity index (χ1) is 14.0. The number of hydrogen-bond donors (Lipinski definition) is 2. The second kappa shape index (κ2) is 9.04. The van der Waals surface area contributed by atoms with Gasteiger partial charge >= 0.3 is 0 Å². The van der Waals surface area contributed by atoms with Gasteiger partial charge in [0.15, 0.2) is 17.3 Å². The van der Waals surface area contributed by atoms with E-state index in [2.05, 4.69) is 4.98 Å². The highest BCUT2D eigenvalue weighted by Crippen LogP contribution is 2.39. The summed E-state index contributed by atoms with van der Waals surface area (Å²) in [5.41, 5.74) is 1.62. The van der Waals surface area contributed by atoms with E-state index in [4.69, 9.17) is 14.2 Å². The molecule has 0 spiro atoms. The van der Waals surface area contributed by atoms with Crippen molar-refractivity contribution in [3.63, 3.8) is 0 Å². The number of aliphatic hydroxyl groups excluding tert-OH is 2. The van der Waals surface area contributed by atoms with E-state index in [9.17, 15) is 15.0 Å². The molecule has 0 bridgehead atoms. The maximum atomic E-state index is 13.4. The zero-order chi connectivity index (χ0) is 21.0. The van der Waals surface area contributed by atoms with Gasteiger partial charge in [0.1, 0.15) is 11.1 Å². The van der Waals surface area contributed by atoms with Crippen molar-refractivity contribution in [2.24, 2.45) is 0 Å². The number of ether oxygens (including phenoxy) is 3.